The third-order valence-corrected chi connectivity index (χ3v) is 3.04. The molecule has 0 saturated carbocycles. The van der Waals surface area contributed by atoms with Gasteiger partial charge in [-0.2, -0.15) is 5.26 Å². The highest BCUT2D eigenvalue weighted by Crippen LogP contribution is 2.24. The molecule has 20 heavy (non-hydrogen) atoms. The molecule has 98 valence electrons. The first-order valence-corrected chi connectivity index (χ1v) is 6.11. The number of hydrogen-bond donors (Lipinski definition) is 0. The maximum Gasteiger partial charge on any atom is 0.270 e. The molecule has 0 radical (unpaired) electrons. The number of nitriles is 1. The Morgan fingerprint density at radius 2 is 2.00 bits per heavy atom. The molecule has 0 amide bonds. The summed E-state index contributed by atoms with van der Waals surface area (Å²) in [5.74, 6) is 0. The second-order valence-corrected chi connectivity index (χ2v) is 4.41. The number of nitro benzene ring substituents is 1. The molecular formula is C15H9ClN2O2. The van der Waals surface area contributed by atoms with Gasteiger partial charge in [-0.1, -0.05) is 41.9 Å². The maximum absolute atomic E-state index is 10.8. The van der Waals surface area contributed by atoms with Crippen molar-refractivity contribution < 1.29 is 4.92 Å². The normalized spacial score (nSPS) is 10.9. The van der Waals surface area contributed by atoms with Gasteiger partial charge in [0.05, 0.1) is 16.6 Å². The van der Waals surface area contributed by atoms with Gasteiger partial charge in [-0.3, -0.25) is 10.1 Å². The molecule has 5 heteroatoms. The van der Waals surface area contributed by atoms with Crippen LogP contribution in [-0.4, -0.2) is 4.92 Å². The molecule has 0 saturated heterocycles. The Hall–Kier alpha value is -2.64. The highest BCUT2D eigenvalue weighted by atomic mass is 35.5. The lowest BCUT2D eigenvalue weighted by molar-refractivity contribution is -0.384. The van der Waals surface area contributed by atoms with E-state index in [4.69, 9.17) is 11.6 Å². The number of rotatable bonds is 3. The van der Waals surface area contributed by atoms with Gasteiger partial charge in [0.25, 0.3) is 5.69 Å². The fourth-order valence-corrected chi connectivity index (χ4v) is 1.91. The van der Waals surface area contributed by atoms with E-state index in [1.165, 1.54) is 12.1 Å². The number of nitrogens with zero attached hydrogens (tertiary/aromatic N) is 2. The highest BCUT2D eigenvalue weighted by Gasteiger charge is 2.09. The molecule has 0 fully saturated rings. The largest absolute Gasteiger partial charge is 0.270 e. The van der Waals surface area contributed by atoms with Crippen molar-refractivity contribution in [3.8, 4) is 6.07 Å². The number of halogens is 1. The minimum absolute atomic E-state index is 0.0530. The zero-order chi connectivity index (χ0) is 14.5. The predicted octanol–water partition coefficient (Wildman–Crippen LogP) is 4.31. The zero-order valence-electron chi connectivity index (χ0n) is 10.3. The Morgan fingerprint density at radius 1 is 1.25 bits per heavy atom. The SMILES string of the molecule is N#CC(=Cc1ccccc1Cl)c1cccc([N+](=O)[O-])c1. The van der Waals surface area contributed by atoms with Gasteiger partial charge in [0.15, 0.2) is 0 Å². The van der Waals surface area contributed by atoms with E-state index in [1.807, 2.05) is 6.07 Å². The first-order chi connectivity index (χ1) is 9.61. The quantitative estimate of drug-likeness (QED) is 0.365. The Labute approximate surface area is 120 Å². The Kier molecular flexibility index (Phi) is 4.14. The maximum atomic E-state index is 10.8. The molecule has 0 aliphatic carbocycles. The van der Waals surface area contributed by atoms with Crippen LogP contribution in [0.1, 0.15) is 11.1 Å². The standard InChI is InChI=1S/C15H9ClN2O2/c16-15-7-2-1-4-12(15)8-13(10-17)11-5-3-6-14(9-11)18(19)20/h1-9H. The lowest BCUT2D eigenvalue weighted by Crippen LogP contribution is -1.89. The van der Waals surface area contributed by atoms with Crippen LogP contribution in [0.2, 0.25) is 5.02 Å². The summed E-state index contributed by atoms with van der Waals surface area (Å²) in [6.07, 6.45) is 1.61. The average Bonchev–Trinajstić information content (AvgIpc) is 2.46. The zero-order valence-corrected chi connectivity index (χ0v) is 11.0. The first kappa shape index (κ1) is 13.8. The minimum atomic E-state index is -0.492. The summed E-state index contributed by atoms with van der Waals surface area (Å²) in [4.78, 5) is 10.3. The molecule has 0 atom stereocenters. The molecule has 0 aromatic heterocycles. The lowest BCUT2D eigenvalue weighted by atomic mass is 10.0. The van der Waals surface area contributed by atoms with Crippen molar-refractivity contribution in [3.63, 3.8) is 0 Å². The smallest absolute Gasteiger partial charge is 0.258 e. The van der Waals surface area contributed by atoms with Crippen molar-refractivity contribution in [3.05, 3.63) is 74.8 Å². The molecule has 0 spiro atoms. The second kappa shape index (κ2) is 6.00. The molecular weight excluding hydrogens is 276 g/mol. The van der Waals surface area contributed by atoms with Crippen LogP contribution in [0, 0.1) is 21.4 Å². The number of hydrogen-bond acceptors (Lipinski definition) is 3. The van der Waals surface area contributed by atoms with Crippen LogP contribution < -0.4 is 0 Å². The van der Waals surface area contributed by atoms with Crippen molar-refractivity contribution in [1.29, 1.82) is 5.26 Å². The predicted molar refractivity (Wildman–Crippen MR) is 78.0 cm³/mol. The van der Waals surface area contributed by atoms with Gasteiger partial charge in [0.1, 0.15) is 0 Å². The summed E-state index contributed by atoms with van der Waals surface area (Å²) in [6.45, 7) is 0. The van der Waals surface area contributed by atoms with Crippen LogP contribution in [0.3, 0.4) is 0 Å². The van der Waals surface area contributed by atoms with Crippen molar-refractivity contribution in [2.45, 2.75) is 0 Å². The summed E-state index contributed by atoms with van der Waals surface area (Å²) < 4.78 is 0. The van der Waals surface area contributed by atoms with Crippen molar-refractivity contribution in [2.24, 2.45) is 0 Å². The Balaban J connectivity index is 2.49. The monoisotopic (exact) mass is 284 g/mol. The third-order valence-electron chi connectivity index (χ3n) is 2.69. The number of nitro groups is 1. The van der Waals surface area contributed by atoms with Crippen LogP contribution in [-0.2, 0) is 0 Å². The number of benzene rings is 2. The third kappa shape index (κ3) is 3.02. The molecule has 0 aliphatic heterocycles. The molecule has 2 rings (SSSR count). The fraction of sp³-hybridized carbons (Fsp3) is 0. The Morgan fingerprint density at radius 3 is 2.65 bits per heavy atom. The summed E-state index contributed by atoms with van der Waals surface area (Å²) in [5, 5.41) is 20.5. The van der Waals surface area contributed by atoms with Gasteiger partial charge < -0.3 is 0 Å². The summed E-state index contributed by atoms with van der Waals surface area (Å²) >= 11 is 6.03. The average molecular weight is 285 g/mol. The molecule has 2 aromatic rings. The van der Waals surface area contributed by atoms with Crippen molar-refractivity contribution >= 4 is 28.9 Å². The lowest BCUT2D eigenvalue weighted by Gasteiger charge is -2.01. The van der Waals surface area contributed by atoms with Crippen LogP contribution in [0.4, 0.5) is 5.69 Å². The van der Waals surface area contributed by atoms with Gasteiger partial charge in [-0.05, 0) is 23.3 Å². The van der Waals surface area contributed by atoms with E-state index in [1.54, 1.807) is 42.5 Å². The van der Waals surface area contributed by atoms with Crippen LogP contribution in [0.25, 0.3) is 11.6 Å². The second-order valence-electron chi connectivity index (χ2n) is 4.00. The van der Waals surface area contributed by atoms with E-state index in [0.29, 0.717) is 21.7 Å². The topological polar surface area (TPSA) is 66.9 Å². The van der Waals surface area contributed by atoms with E-state index in [2.05, 4.69) is 0 Å². The first-order valence-electron chi connectivity index (χ1n) is 5.73. The Bertz CT molecular complexity index is 733. The van der Waals surface area contributed by atoms with Crippen LogP contribution in [0.15, 0.2) is 48.5 Å². The van der Waals surface area contributed by atoms with E-state index >= 15 is 0 Å². The van der Waals surface area contributed by atoms with Crippen molar-refractivity contribution in [1.82, 2.24) is 0 Å². The molecule has 2 aromatic carbocycles. The number of non-ortho nitro benzene ring substituents is 1. The van der Waals surface area contributed by atoms with Crippen LogP contribution >= 0.6 is 11.6 Å². The fourth-order valence-electron chi connectivity index (χ4n) is 1.71. The van der Waals surface area contributed by atoms with Gasteiger partial charge >= 0.3 is 0 Å². The molecule has 4 nitrogen and oxygen atoms in total. The van der Waals surface area contributed by atoms with E-state index < -0.39 is 4.92 Å². The number of allylic oxidation sites excluding steroid dienone is 1. The highest BCUT2D eigenvalue weighted by molar-refractivity contribution is 6.32. The van der Waals surface area contributed by atoms with E-state index in [9.17, 15) is 15.4 Å². The molecule has 0 bridgehead atoms. The molecule has 0 N–H and O–H groups in total. The molecule has 0 unspecified atom stereocenters. The van der Waals surface area contributed by atoms with Crippen LogP contribution in [0.5, 0.6) is 0 Å². The van der Waals surface area contributed by atoms with Gasteiger partial charge in [-0.25, -0.2) is 0 Å². The summed E-state index contributed by atoms with van der Waals surface area (Å²) in [5.41, 5.74) is 1.45. The molecule has 0 aliphatic rings. The van der Waals surface area contributed by atoms with E-state index in [-0.39, 0.29) is 5.69 Å². The summed E-state index contributed by atoms with van der Waals surface area (Å²) in [7, 11) is 0. The minimum Gasteiger partial charge on any atom is -0.258 e. The van der Waals surface area contributed by atoms with Gasteiger partial charge in [0, 0.05) is 17.2 Å². The van der Waals surface area contributed by atoms with E-state index in [0.717, 1.165) is 0 Å². The van der Waals surface area contributed by atoms with Crippen molar-refractivity contribution in [2.75, 3.05) is 0 Å². The summed E-state index contributed by atoms with van der Waals surface area (Å²) in [6, 6.07) is 15.1. The van der Waals surface area contributed by atoms with Gasteiger partial charge in [-0.15, -0.1) is 0 Å². The van der Waals surface area contributed by atoms with Gasteiger partial charge in [0.2, 0.25) is 0 Å². The molecule has 0 heterocycles.